The van der Waals surface area contributed by atoms with E-state index in [9.17, 15) is 0 Å². The van der Waals surface area contributed by atoms with E-state index in [1.54, 1.807) is 0 Å². The quantitative estimate of drug-likeness (QED) is 0.774. The van der Waals surface area contributed by atoms with Crippen molar-refractivity contribution in [2.75, 3.05) is 26.7 Å². The van der Waals surface area contributed by atoms with Gasteiger partial charge in [0.2, 0.25) is 0 Å². The van der Waals surface area contributed by atoms with Crippen LogP contribution in [0.25, 0.3) is 0 Å². The summed E-state index contributed by atoms with van der Waals surface area (Å²) in [5.41, 5.74) is 0. The monoisotopic (exact) mass is 280 g/mol. The third-order valence-electron chi connectivity index (χ3n) is 5.88. The average Bonchev–Trinajstić information content (AvgIpc) is 2.48. The molecule has 1 saturated carbocycles. The molecule has 0 aromatic rings. The Morgan fingerprint density at radius 2 is 1.50 bits per heavy atom. The molecule has 0 N–H and O–H groups in total. The van der Waals surface area contributed by atoms with Gasteiger partial charge in [-0.15, -0.1) is 0 Å². The molecule has 0 amide bonds. The van der Waals surface area contributed by atoms with Crippen molar-refractivity contribution in [2.24, 2.45) is 17.8 Å². The van der Waals surface area contributed by atoms with Gasteiger partial charge < -0.3 is 4.90 Å². The first-order valence-corrected chi connectivity index (χ1v) is 9.07. The Balaban J connectivity index is 0.000000704. The Labute approximate surface area is 126 Å². The first-order chi connectivity index (χ1) is 9.63. The highest BCUT2D eigenvalue weighted by Gasteiger charge is 2.46. The van der Waals surface area contributed by atoms with E-state index < -0.39 is 0 Å². The molecule has 1 aliphatic carbocycles. The summed E-state index contributed by atoms with van der Waals surface area (Å²) in [6, 6.07) is 1.91. The molecule has 2 atom stereocenters. The molecule has 3 heterocycles. The normalized spacial score (nSPS) is 35.4. The Hall–Kier alpha value is -0.0800. The van der Waals surface area contributed by atoms with Crippen LogP contribution in [0, 0.1) is 17.8 Å². The second kappa shape index (κ2) is 7.26. The van der Waals surface area contributed by atoms with Crippen LogP contribution >= 0.6 is 0 Å². The third kappa shape index (κ3) is 3.57. The van der Waals surface area contributed by atoms with Gasteiger partial charge in [-0.2, -0.15) is 0 Å². The van der Waals surface area contributed by atoms with Gasteiger partial charge in [0.1, 0.15) is 0 Å². The maximum atomic E-state index is 2.87. The average molecular weight is 281 g/mol. The Morgan fingerprint density at radius 1 is 0.950 bits per heavy atom. The fourth-order valence-electron chi connectivity index (χ4n) is 4.39. The number of likely N-dealkylation sites (tertiary alicyclic amines) is 1. The van der Waals surface area contributed by atoms with Gasteiger partial charge in [-0.1, -0.05) is 27.7 Å². The van der Waals surface area contributed by atoms with Crippen LogP contribution in [0.4, 0.5) is 0 Å². The molecule has 3 aliphatic heterocycles. The zero-order chi connectivity index (χ0) is 14.7. The largest absolute Gasteiger partial charge is 0.306 e. The van der Waals surface area contributed by atoms with Crippen molar-refractivity contribution < 1.29 is 0 Å². The van der Waals surface area contributed by atoms with E-state index in [0.717, 1.165) is 29.8 Å². The summed E-state index contributed by atoms with van der Waals surface area (Å²) in [6.45, 7) is 12.9. The molecule has 20 heavy (non-hydrogen) atoms. The fraction of sp³-hybridized carbons (Fsp3) is 1.00. The number of hydrogen-bond donors (Lipinski definition) is 0. The lowest BCUT2D eigenvalue weighted by atomic mass is 9.69. The van der Waals surface area contributed by atoms with Crippen molar-refractivity contribution in [3.8, 4) is 0 Å². The van der Waals surface area contributed by atoms with Crippen LogP contribution in [0.2, 0.25) is 0 Å². The SMILES string of the molecule is CC.CC(C)C1CC2CC(C1)N2CC1CCN(C)CC1. The standard InChI is InChI=1S/C16H30N2.C2H6/c1-12(2)14-8-15-10-16(9-14)18(15)11-13-4-6-17(3)7-5-13;1-2/h12-16H,4-11H2,1-3H3;1-2H3. The smallest absolute Gasteiger partial charge is 0.0116 e. The van der Waals surface area contributed by atoms with Crippen LogP contribution in [-0.4, -0.2) is 48.6 Å². The summed E-state index contributed by atoms with van der Waals surface area (Å²) >= 11 is 0. The van der Waals surface area contributed by atoms with E-state index in [4.69, 9.17) is 0 Å². The molecule has 118 valence electrons. The number of piperidine rings is 2. The zero-order valence-electron chi connectivity index (χ0n) is 14.4. The topological polar surface area (TPSA) is 6.48 Å². The first-order valence-electron chi connectivity index (χ1n) is 9.07. The number of nitrogens with zero attached hydrogens (tertiary/aromatic N) is 2. The Bertz CT molecular complexity index is 269. The highest BCUT2D eigenvalue weighted by atomic mass is 15.3. The molecule has 0 aromatic heterocycles. The second-order valence-electron chi connectivity index (χ2n) is 7.46. The van der Waals surface area contributed by atoms with E-state index in [1.807, 2.05) is 13.8 Å². The third-order valence-corrected chi connectivity index (χ3v) is 5.88. The van der Waals surface area contributed by atoms with Crippen LogP contribution in [-0.2, 0) is 0 Å². The summed E-state index contributed by atoms with van der Waals surface area (Å²) in [5, 5.41) is 0. The Kier molecular flexibility index (Phi) is 5.92. The van der Waals surface area contributed by atoms with Gasteiger partial charge in [0, 0.05) is 18.6 Å². The van der Waals surface area contributed by atoms with Gasteiger partial charge in [-0.3, -0.25) is 4.90 Å². The van der Waals surface area contributed by atoms with Gasteiger partial charge in [0.15, 0.2) is 0 Å². The minimum absolute atomic E-state index is 0.904. The van der Waals surface area contributed by atoms with Crippen molar-refractivity contribution in [2.45, 2.75) is 71.9 Å². The Morgan fingerprint density at radius 3 is 2.00 bits per heavy atom. The minimum Gasteiger partial charge on any atom is -0.306 e. The number of fused-ring (bicyclic) bond motifs is 2. The van der Waals surface area contributed by atoms with Crippen LogP contribution < -0.4 is 0 Å². The van der Waals surface area contributed by atoms with Crippen molar-refractivity contribution in [1.29, 1.82) is 0 Å². The van der Waals surface area contributed by atoms with Crippen LogP contribution in [0.1, 0.15) is 59.8 Å². The molecule has 3 saturated heterocycles. The molecule has 0 spiro atoms. The van der Waals surface area contributed by atoms with Crippen LogP contribution in [0.3, 0.4) is 0 Å². The summed E-state index contributed by atoms with van der Waals surface area (Å²) < 4.78 is 0. The van der Waals surface area contributed by atoms with E-state index in [0.29, 0.717) is 0 Å². The van der Waals surface area contributed by atoms with Crippen molar-refractivity contribution in [3.63, 3.8) is 0 Å². The van der Waals surface area contributed by atoms with Crippen molar-refractivity contribution in [3.05, 3.63) is 0 Å². The van der Waals surface area contributed by atoms with Gasteiger partial charge in [-0.25, -0.2) is 0 Å². The zero-order valence-corrected chi connectivity index (χ0v) is 14.4. The predicted octanol–water partition coefficient (Wildman–Crippen LogP) is 3.86. The summed E-state index contributed by atoms with van der Waals surface area (Å²) in [6.07, 6.45) is 7.34. The van der Waals surface area contributed by atoms with Crippen LogP contribution in [0.15, 0.2) is 0 Å². The van der Waals surface area contributed by atoms with Gasteiger partial charge in [0.25, 0.3) is 0 Å². The lowest BCUT2D eigenvalue weighted by molar-refractivity contribution is -0.0732. The molecule has 2 nitrogen and oxygen atoms in total. The second-order valence-corrected chi connectivity index (χ2v) is 7.46. The first kappa shape index (κ1) is 16.3. The lowest BCUT2D eigenvalue weighted by Crippen LogP contribution is -2.62. The lowest BCUT2D eigenvalue weighted by Gasteiger charge is -2.57. The maximum Gasteiger partial charge on any atom is 0.0116 e. The van der Waals surface area contributed by atoms with E-state index in [1.165, 1.54) is 51.7 Å². The van der Waals surface area contributed by atoms with E-state index in [-0.39, 0.29) is 0 Å². The molecule has 2 bridgehead atoms. The molecule has 4 aliphatic rings. The summed E-state index contributed by atoms with van der Waals surface area (Å²) in [5.74, 6) is 2.91. The van der Waals surface area contributed by atoms with Crippen molar-refractivity contribution in [1.82, 2.24) is 9.80 Å². The van der Waals surface area contributed by atoms with Gasteiger partial charge in [-0.05, 0) is 70.0 Å². The van der Waals surface area contributed by atoms with Gasteiger partial charge >= 0.3 is 0 Å². The highest BCUT2D eigenvalue weighted by Crippen LogP contribution is 2.44. The van der Waals surface area contributed by atoms with E-state index >= 15 is 0 Å². The highest BCUT2D eigenvalue weighted by molar-refractivity contribution is 5.01. The minimum atomic E-state index is 0.904. The van der Waals surface area contributed by atoms with Crippen LogP contribution in [0.5, 0.6) is 0 Å². The molecule has 4 fully saturated rings. The molecule has 2 heteroatoms. The molecular weight excluding hydrogens is 244 g/mol. The molecule has 0 radical (unpaired) electrons. The molecular formula is C18H36N2. The maximum absolute atomic E-state index is 2.87. The molecule has 4 rings (SSSR count). The summed E-state index contributed by atoms with van der Waals surface area (Å²) in [7, 11) is 2.27. The number of hydrogen-bond acceptors (Lipinski definition) is 2. The predicted molar refractivity (Wildman–Crippen MR) is 88.0 cm³/mol. The van der Waals surface area contributed by atoms with Gasteiger partial charge in [0.05, 0.1) is 0 Å². The van der Waals surface area contributed by atoms with E-state index in [2.05, 4.69) is 30.7 Å². The van der Waals surface area contributed by atoms with Crippen molar-refractivity contribution >= 4 is 0 Å². The molecule has 0 aromatic carbocycles. The fourth-order valence-corrected chi connectivity index (χ4v) is 4.39. The molecule has 2 unspecified atom stereocenters. The number of rotatable bonds is 3. The summed E-state index contributed by atoms with van der Waals surface area (Å²) in [4.78, 5) is 5.36.